The lowest BCUT2D eigenvalue weighted by molar-refractivity contribution is 0.594. The summed E-state index contributed by atoms with van der Waals surface area (Å²) >= 11 is 9.25. The molecule has 0 heterocycles. The standard InChI is InChI=1S/C14H10BrClN2O2S/c1-18(12-5-2-10(9-17)3-6-12)21(19,20)14-7-4-11(15)8-13(14)16/h2-8H,1H3. The summed E-state index contributed by atoms with van der Waals surface area (Å²) in [6.07, 6.45) is 0. The van der Waals surface area contributed by atoms with Gasteiger partial charge in [-0.15, -0.1) is 0 Å². The molecule has 0 aliphatic carbocycles. The van der Waals surface area contributed by atoms with Gasteiger partial charge < -0.3 is 0 Å². The first-order valence-electron chi connectivity index (χ1n) is 5.80. The Balaban J connectivity index is 2.45. The van der Waals surface area contributed by atoms with Crippen molar-refractivity contribution in [1.82, 2.24) is 0 Å². The van der Waals surface area contributed by atoms with E-state index in [1.54, 1.807) is 30.3 Å². The van der Waals surface area contributed by atoms with E-state index in [0.717, 1.165) is 4.31 Å². The highest BCUT2D eigenvalue weighted by Gasteiger charge is 2.24. The van der Waals surface area contributed by atoms with Crippen LogP contribution in [0.5, 0.6) is 0 Å². The van der Waals surface area contributed by atoms with E-state index in [0.29, 0.717) is 15.7 Å². The highest BCUT2D eigenvalue weighted by Crippen LogP contribution is 2.29. The van der Waals surface area contributed by atoms with Gasteiger partial charge in [0.2, 0.25) is 0 Å². The Labute approximate surface area is 136 Å². The molecule has 0 aromatic heterocycles. The van der Waals surface area contributed by atoms with Gasteiger partial charge in [-0.1, -0.05) is 27.5 Å². The molecule has 2 aromatic carbocycles. The maximum Gasteiger partial charge on any atom is 0.265 e. The topological polar surface area (TPSA) is 61.2 Å². The number of nitrogens with zero attached hydrogens (tertiary/aromatic N) is 2. The van der Waals surface area contributed by atoms with Gasteiger partial charge in [0, 0.05) is 11.5 Å². The molecule has 108 valence electrons. The fraction of sp³-hybridized carbons (Fsp3) is 0.0714. The van der Waals surface area contributed by atoms with Crippen LogP contribution in [0.25, 0.3) is 0 Å². The van der Waals surface area contributed by atoms with E-state index in [2.05, 4.69) is 15.9 Å². The van der Waals surface area contributed by atoms with Crippen LogP contribution in [0.3, 0.4) is 0 Å². The van der Waals surface area contributed by atoms with Crippen molar-refractivity contribution in [1.29, 1.82) is 5.26 Å². The van der Waals surface area contributed by atoms with Crippen molar-refractivity contribution in [3.63, 3.8) is 0 Å². The van der Waals surface area contributed by atoms with E-state index in [1.165, 1.54) is 19.2 Å². The van der Waals surface area contributed by atoms with Gasteiger partial charge in [-0.25, -0.2) is 8.42 Å². The van der Waals surface area contributed by atoms with Gasteiger partial charge in [0.25, 0.3) is 10.0 Å². The maximum absolute atomic E-state index is 12.6. The summed E-state index contributed by atoms with van der Waals surface area (Å²) in [4.78, 5) is 0.0271. The second kappa shape index (κ2) is 6.06. The summed E-state index contributed by atoms with van der Waals surface area (Å²) in [5, 5.41) is 8.91. The lowest BCUT2D eigenvalue weighted by atomic mass is 10.2. The van der Waals surface area contributed by atoms with Gasteiger partial charge in [0.1, 0.15) is 4.90 Å². The lowest BCUT2D eigenvalue weighted by Crippen LogP contribution is -2.26. The van der Waals surface area contributed by atoms with Gasteiger partial charge >= 0.3 is 0 Å². The van der Waals surface area contributed by atoms with E-state index < -0.39 is 10.0 Å². The fourth-order valence-corrected chi connectivity index (χ4v) is 3.92. The average molecular weight is 386 g/mol. The first-order valence-corrected chi connectivity index (χ1v) is 8.41. The summed E-state index contributed by atoms with van der Waals surface area (Å²) < 4.78 is 27.0. The summed E-state index contributed by atoms with van der Waals surface area (Å²) in [6.45, 7) is 0. The van der Waals surface area contributed by atoms with Crippen molar-refractivity contribution in [3.8, 4) is 6.07 Å². The van der Waals surface area contributed by atoms with Crippen molar-refractivity contribution >= 4 is 43.2 Å². The molecule has 0 amide bonds. The fourth-order valence-electron chi connectivity index (χ4n) is 1.72. The molecule has 0 N–H and O–H groups in total. The zero-order valence-electron chi connectivity index (χ0n) is 10.9. The molecule has 0 radical (unpaired) electrons. The second-order valence-corrected chi connectivity index (χ2v) is 7.47. The summed E-state index contributed by atoms with van der Waals surface area (Å²) in [5.41, 5.74) is 0.916. The summed E-state index contributed by atoms with van der Waals surface area (Å²) in [7, 11) is -2.32. The number of sulfonamides is 1. The summed E-state index contributed by atoms with van der Waals surface area (Å²) in [6, 6.07) is 12.8. The van der Waals surface area contributed by atoms with E-state index in [-0.39, 0.29) is 9.92 Å². The molecule has 0 aliphatic rings. The molecule has 21 heavy (non-hydrogen) atoms. The van der Waals surface area contributed by atoms with Crippen LogP contribution in [0.4, 0.5) is 5.69 Å². The van der Waals surface area contributed by atoms with Crippen molar-refractivity contribution in [3.05, 3.63) is 57.5 Å². The molecule has 0 atom stereocenters. The molecule has 0 spiro atoms. The van der Waals surface area contributed by atoms with E-state index in [4.69, 9.17) is 16.9 Å². The molecule has 0 saturated carbocycles. The first-order chi connectivity index (χ1) is 9.86. The Morgan fingerprint density at radius 3 is 2.33 bits per heavy atom. The Bertz CT molecular complexity index is 814. The first kappa shape index (κ1) is 15.8. The Kier molecular flexibility index (Phi) is 4.57. The second-order valence-electron chi connectivity index (χ2n) is 4.21. The number of hydrogen-bond donors (Lipinski definition) is 0. The smallest absolute Gasteiger partial charge is 0.265 e. The van der Waals surface area contributed by atoms with Gasteiger partial charge in [-0.05, 0) is 42.5 Å². The third kappa shape index (κ3) is 3.21. The number of benzene rings is 2. The van der Waals surface area contributed by atoms with E-state index in [1.807, 2.05) is 6.07 Å². The third-order valence-corrected chi connectivity index (χ3v) is 5.65. The minimum Gasteiger partial charge on any atom is -0.269 e. The zero-order chi connectivity index (χ0) is 15.6. The Hall–Kier alpha value is -1.55. The van der Waals surface area contributed by atoms with Crippen molar-refractivity contribution < 1.29 is 8.42 Å². The van der Waals surface area contributed by atoms with E-state index in [9.17, 15) is 8.42 Å². The maximum atomic E-state index is 12.6. The monoisotopic (exact) mass is 384 g/mol. The number of rotatable bonds is 3. The largest absolute Gasteiger partial charge is 0.269 e. The van der Waals surface area contributed by atoms with Gasteiger partial charge in [0.15, 0.2) is 0 Å². The van der Waals surface area contributed by atoms with E-state index >= 15 is 0 Å². The van der Waals surface area contributed by atoms with Crippen LogP contribution in [0, 0.1) is 11.3 Å². The van der Waals surface area contributed by atoms with Crippen LogP contribution >= 0.6 is 27.5 Å². The van der Waals surface area contributed by atoms with Crippen LogP contribution in [-0.4, -0.2) is 15.5 Å². The van der Waals surface area contributed by atoms with Crippen molar-refractivity contribution in [2.45, 2.75) is 4.90 Å². The third-order valence-electron chi connectivity index (χ3n) is 2.89. The highest BCUT2D eigenvalue weighted by molar-refractivity contribution is 9.10. The van der Waals surface area contributed by atoms with Crippen LogP contribution in [0.2, 0.25) is 5.02 Å². The molecule has 7 heteroatoms. The van der Waals surface area contributed by atoms with Crippen LogP contribution < -0.4 is 4.31 Å². The normalized spacial score (nSPS) is 11.0. The van der Waals surface area contributed by atoms with Crippen LogP contribution in [0.1, 0.15) is 5.56 Å². The molecule has 2 rings (SSSR count). The molecule has 0 unspecified atom stereocenters. The molecule has 2 aromatic rings. The molecule has 0 bridgehead atoms. The van der Waals surface area contributed by atoms with Crippen LogP contribution in [-0.2, 0) is 10.0 Å². The van der Waals surface area contributed by atoms with Gasteiger partial charge in [-0.3, -0.25) is 4.31 Å². The van der Waals surface area contributed by atoms with Crippen molar-refractivity contribution in [2.75, 3.05) is 11.4 Å². The number of anilines is 1. The average Bonchev–Trinajstić information content (AvgIpc) is 2.46. The summed E-state index contributed by atoms with van der Waals surface area (Å²) in [5.74, 6) is 0. The predicted molar refractivity (Wildman–Crippen MR) is 85.9 cm³/mol. The SMILES string of the molecule is CN(c1ccc(C#N)cc1)S(=O)(=O)c1ccc(Br)cc1Cl. The number of halogens is 2. The number of hydrogen-bond acceptors (Lipinski definition) is 3. The Morgan fingerprint density at radius 2 is 1.81 bits per heavy atom. The zero-order valence-corrected chi connectivity index (χ0v) is 14.1. The number of nitriles is 1. The minimum atomic E-state index is -3.76. The molecule has 0 aliphatic heterocycles. The lowest BCUT2D eigenvalue weighted by Gasteiger charge is -2.20. The molecule has 4 nitrogen and oxygen atoms in total. The van der Waals surface area contributed by atoms with Crippen molar-refractivity contribution in [2.24, 2.45) is 0 Å². The highest BCUT2D eigenvalue weighted by atomic mass is 79.9. The molecular weight excluding hydrogens is 376 g/mol. The molecule has 0 fully saturated rings. The van der Waals surface area contributed by atoms with Gasteiger partial charge in [-0.2, -0.15) is 5.26 Å². The molecule has 0 saturated heterocycles. The van der Waals surface area contributed by atoms with Crippen LogP contribution in [0.15, 0.2) is 51.8 Å². The molecular formula is C14H10BrClN2O2S. The Morgan fingerprint density at radius 1 is 1.19 bits per heavy atom. The quantitative estimate of drug-likeness (QED) is 0.807. The predicted octanol–water partition coefficient (Wildman–Crippen LogP) is 3.80. The van der Waals surface area contributed by atoms with Gasteiger partial charge in [0.05, 0.1) is 22.3 Å². The minimum absolute atomic E-state index is 0.0271.